The van der Waals surface area contributed by atoms with Crippen LogP contribution in [0.2, 0.25) is 0 Å². The van der Waals surface area contributed by atoms with Crippen molar-refractivity contribution in [3.63, 3.8) is 0 Å². The standard InChI is InChI=1S/C17H25FN2O2/c1-17(2,3)22-16(21)20-9-8-12(11-20)14(10-19)13-6-4-5-7-15(13)18/h4-7,12,14H,8-11,19H2,1-3H3. The van der Waals surface area contributed by atoms with Crippen molar-refractivity contribution in [2.45, 2.75) is 38.7 Å². The maximum atomic E-state index is 14.0. The third-order valence-electron chi connectivity index (χ3n) is 4.00. The number of ether oxygens (including phenoxy) is 1. The van der Waals surface area contributed by atoms with Gasteiger partial charge >= 0.3 is 6.09 Å². The SMILES string of the molecule is CC(C)(C)OC(=O)N1CCC(C(CN)c2ccccc2F)C1. The number of halogens is 1. The molecule has 1 saturated heterocycles. The van der Waals surface area contributed by atoms with Crippen molar-refractivity contribution in [3.8, 4) is 0 Å². The first-order valence-electron chi connectivity index (χ1n) is 7.74. The summed E-state index contributed by atoms with van der Waals surface area (Å²) in [6, 6.07) is 6.73. The highest BCUT2D eigenvalue weighted by Crippen LogP contribution is 2.33. The van der Waals surface area contributed by atoms with Crippen LogP contribution in [0.25, 0.3) is 0 Å². The fraction of sp³-hybridized carbons (Fsp3) is 0.588. The van der Waals surface area contributed by atoms with Crippen molar-refractivity contribution in [1.82, 2.24) is 4.90 Å². The zero-order chi connectivity index (χ0) is 16.3. The van der Waals surface area contributed by atoms with Gasteiger partial charge in [0.25, 0.3) is 0 Å². The summed E-state index contributed by atoms with van der Waals surface area (Å²) in [5.74, 6) is -0.142. The average molecular weight is 308 g/mol. The predicted octanol–water partition coefficient (Wildman–Crippen LogP) is 3.13. The Balaban J connectivity index is 2.05. The molecule has 2 rings (SSSR count). The molecule has 0 aromatic heterocycles. The molecule has 1 aromatic rings. The summed E-state index contributed by atoms with van der Waals surface area (Å²) in [5, 5.41) is 0. The predicted molar refractivity (Wildman–Crippen MR) is 84.1 cm³/mol. The van der Waals surface area contributed by atoms with Gasteiger partial charge in [0.2, 0.25) is 0 Å². The summed E-state index contributed by atoms with van der Waals surface area (Å²) in [5.41, 5.74) is 6.01. The molecule has 1 aromatic carbocycles. The summed E-state index contributed by atoms with van der Waals surface area (Å²) in [6.07, 6.45) is 0.509. The number of nitrogens with zero attached hydrogens (tertiary/aromatic N) is 1. The lowest BCUT2D eigenvalue weighted by atomic mass is 9.85. The maximum absolute atomic E-state index is 14.0. The molecule has 4 nitrogen and oxygen atoms in total. The molecule has 5 heteroatoms. The van der Waals surface area contributed by atoms with Crippen molar-refractivity contribution in [3.05, 3.63) is 35.6 Å². The number of likely N-dealkylation sites (tertiary alicyclic amines) is 1. The minimum atomic E-state index is -0.506. The first-order chi connectivity index (χ1) is 10.3. The molecule has 0 saturated carbocycles. The number of nitrogens with two attached hydrogens (primary N) is 1. The fourth-order valence-corrected chi connectivity index (χ4v) is 2.96. The Labute approximate surface area is 131 Å². The number of rotatable bonds is 3. The van der Waals surface area contributed by atoms with Crippen LogP contribution in [-0.4, -0.2) is 36.2 Å². The van der Waals surface area contributed by atoms with E-state index in [2.05, 4.69) is 0 Å². The van der Waals surface area contributed by atoms with E-state index in [0.29, 0.717) is 25.2 Å². The van der Waals surface area contributed by atoms with E-state index < -0.39 is 5.60 Å². The molecule has 0 bridgehead atoms. The largest absolute Gasteiger partial charge is 0.444 e. The van der Waals surface area contributed by atoms with Gasteiger partial charge in [-0.15, -0.1) is 0 Å². The van der Waals surface area contributed by atoms with Crippen molar-refractivity contribution in [2.24, 2.45) is 11.7 Å². The maximum Gasteiger partial charge on any atom is 0.410 e. The monoisotopic (exact) mass is 308 g/mol. The van der Waals surface area contributed by atoms with E-state index in [-0.39, 0.29) is 23.7 Å². The molecule has 2 N–H and O–H groups in total. The minimum Gasteiger partial charge on any atom is -0.444 e. The van der Waals surface area contributed by atoms with Gasteiger partial charge < -0.3 is 15.4 Å². The fourth-order valence-electron chi connectivity index (χ4n) is 2.96. The molecule has 1 aliphatic rings. The molecule has 0 aliphatic carbocycles. The smallest absolute Gasteiger partial charge is 0.410 e. The molecule has 0 radical (unpaired) electrons. The van der Waals surface area contributed by atoms with Gasteiger partial charge in [-0.3, -0.25) is 0 Å². The van der Waals surface area contributed by atoms with Gasteiger partial charge in [-0.05, 0) is 51.3 Å². The van der Waals surface area contributed by atoms with Crippen LogP contribution in [0.15, 0.2) is 24.3 Å². The van der Waals surface area contributed by atoms with Crippen molar-refractivity contribution in [1.29, 1.82) is 0 Å². The number of benzene rings is 1. The van der Waals surface area contributed by atoms with Crippen LogP contribution >= 0.6 is 0 Å². The van der Waals surface area contributed by atoms with Gasteiger partial charge in [-0.2, -0.15) is 0 Å². The second kappa shape index (κ2) is 6.65. The van der Waals surface area contributed by atoms with E-state index in [4.69, 9.17) is 10.5 Å². The summed E-state index contributed by atoms with van der Waals surface area (Å²) < 4.78 is 19.4. The van der Waals surface area contributed by atoms with Crippen LogP contribution in [-0.2, 0) is 4.74 Å². The van der Waals surface area contributed by atoms with E-state index >= 15 is 0 Å². The molecule has 2 atom stereocenters. The first-order valence-corrected chi connectivity index (χ1v) is 7.74. The third kappa shape index (κ3) is 3.97. The van der Waals surface area contributed by atoms with Gasteiger partial charge in [-0.25, -0.2) is 9.18 Å². The molecule has 1 aliphatic heterocycles. The van der Waals surface area contributed by atoms with Gasteiger partial charge in [-0.1, -0.05) is 18.2 Å². The van der Waals surface area contributed by atoms with Gasteiger partial charge in [0.1, 0.15) is 11.4 Å². The molecule has 1 amide bonds. The zero-order valence-electron chi connectivity index (χ0n) is 13.5. The summed E-state index contributed by atoms with van der Waals surface area (Å²) in [6.45, 7) is 7.10. The number of carbonyl (C=O) groups is 1. The first kappa shape index (κ1) is 16.7. The average Bonchev–Trinajstić information content (AvgIpc) is 2.89. The van der Waals surface area contributed by atoms with Crippen LogP contribution < -0.4 is 5.73 Å². The molecule has 22 heavy (non-hydrogen) atoms. The topological polar surface area (TPSA) is 55.6 Å². The van der Waals surface area contributed by atoms with Crippen LogP contribution in [0.4, 0.5) is 9.18 Å². The van der Waals surface area contributed by atoms with Crippen molar-refractivity contribution in [2.75, 3.05) is 19.6 Å². The quantitative estimate of drug-likeness (QED) is 0.933. The number of hydrogen-bond donors (Lipinski definition) is 1. The Kier molecular flexibility index (Phi) is 5.06. The molecule has 2 unspecified atom stereocenters. The molecule has 0 spiro atoms. The van der Waals surface area contributed by atoms with Gasteiger partial charge in [0.05, 0.1) is 0 Å². The highest BCUT2D eigenvalue weighted by atomic mass is 19.1. The Morgan fingerprint density at radius 2 is 2.14 bits per heavy atom. The Morgan fingerprint density at radius 1 is 1.45 bits per heavy atom. The number of amides is 1. The van der Waals surface area contributed by atoms with Crippen molar-refractivity contribution < 1.29 is 13.9 Å². The zero-order valence-corrected chi connectivity index (χ0v) is 13.5. The summed E-state index contributed by atoms with van der Waals surface area (Å²) >= 11 is 0. The Bertz CT molecular complexity index is 528. The van der Waals surface area contributed by atoms with Crippen LogP contribution in [0, 0.1) is 11.7 Å². The number of carbonyl (C=O) groups excluding carboxylic acids is 1. The summed E-state index contributed by atoms with van der Waals surface area (Å²) in [7, 11) is 0. The second-order valence-corrected chi connectivity index (χ2v) is 6.84. The van der Waals surface area contributed by atoms with Gasteiger partial charge in [0, 0.05) is 19.0 Å². The summed E-state index contributed by atoms with van der Waals surface area (Å²) in [4.78, 5) is 13.8. The van der Waals surface area contributed by atoms with Crippen LogP contribution in [0.1, 0.15) is 38.7 Å². The Morgan fingerprint density at radius 3 is 2.73 bits per heavy atom. The highest BCUT2D eigenvalue weighted by molar-refractivity contribution is 5.68. The number of hydrogen-bond acceptors (Lipinski definition) is 3. The van der Waals surface area contributed by atoms with Crippen molar-refractivity contribution >= 4 is 6.09 Å². The minimum absolute atomic E-state index is 0.0753. The van der Waals surface area contributed by atoms with E-state index in [0.717, 1.165) is 6.42 Å². The lowest BCUT2D eigenvalue weighted by Crippen LogP contribution is -2.36. The molecular weight excluding hydrogens is 283 g/mol. The lowest BCUT2D eigenvalue weighted by Gasteiger charge is -2.26. The third-order valence-corrected chi connectivity index (χ3v) is 4.00. The second-order valence-electron chi connectivity index (χ2n) is 6.84. The Hall–Kier alpha value is -1.62. The van der Waals surface area contributed by atoms with E-state index in [9.17, 15) is 9.18 Å². The van der Waals surface area contributed by atoms with Gasteiger partial charge in [0.15, 0.2) is 0 Å². The molecular formula is C17H25FN2O2. The molecule has 1 fully saturated rings. The highest BCUT2D eigenvalue weighted by Gasteiger charge is 2.34. The van der Waals surface area contributed by atoms with Crippen LogP contribution in [0.5, 0.6) is 0 Å². The van der Waals surface area contributed by atoms with E-state index in [1.807, 2.05) is 26.8 Å². The van der Waals surface area contributed by atoms with E-state index in [1.165, 1.54) is 6.07 Å². The van der Waals surface area contributed by atoms with Crippen LogP contribution in [0.3, 0.4) is 0 Å². The normalized spacial score (nSPS) is 20.0. The molecule has 1 heterocycles. The molecule has 122 valence electrons. The lowest BCUT2D eigenvalue weighted by molar-refractivity contribution is 0.0286. The van der Waals surface area contributed by atoms with E-state index in [1.54, 1.807) is 17.0 Å².